The maximum absolute atomic E-state index is 15.0. The fourth-order valence-corrected chi connectivity index (χ4v) is 8.31. The number of nitrogens with zero attached hydrogens (tertiary/aromatic N) is 5. The molecule has 2 atom stereocenters. The number of amidine groups is 1. The molecule has 0 unspecified atom stereocenters. The highest BCUT2D eigenvalue weighted by Gasteiger charge is 2.45. The molecule has 1 saturated heterocycles. The van der Waals surface area contributed by atoms with Gasteiger partial charge < -0.3 is 14.5 Å². The molecule has 0 spiro atoms. The number of carbonyl (C=O) groups excluding carboxylic acids is 2. The summed E-state index contributed by atoms with van der Waals surface area (Å²) in [6.45, 7) is 11.4. The molecule has 0 aliphatic carbocycles. The number of hydrogen-bond donors (Lipinski definition) is 1. The van der Waals surface area contributed by atoms with E-state index in [9.17, 15) is 18.0 Å². The van der Waals surface area contributed by atoms with E-state index < -0.39 is 28.1 Å². The van der Waals surface area contributed by atoms with E-state index in [1.165, 1.54) is 12.1 Å². The van der Waals surface area contributed by atoms with Crippen LogP contribution in [0.2, 0.25) is 15.1 Å². The van der Waals surface area contributed by atoms with E-state index in [1.54, 1.807) is 66.8 Å². The van der Waals surface area contributed by atoms with Crippen LogP contribution in [0, 0.1) is 0 Å². The van der Waals surface area contributed by atoms with Crippen molar-refractivity contribution >= 4 is 62.6 Å². The van der Waals surface area contributed by atoms with Crippen LogP contribution in [0.5, 0.6) is 5.75 Å². The number of aliphatic imine (C=N–C) groups is 1. The van der Waals surface area contributed by atoms with Gasteiger partial charge in [0.15, 0.2) is 0 Å². The van der Waals surface area contributed by atoms with Crippen LogP contribution < -0.4 is 9.46 Å². The monoisotopic (exact) mass is 790 g/mol. The van der Waals surface area contributed by atoms with Gasteiger partial charge in [-0.1, -0.05) is 59.1 Å². The molecule has 0 saturated carbocycles. The Bertz CT molecular complexity index is 1900. The molecular weight excluding hydrogens is 747 g/mol. The highest BCUT2D eigenvalue weighted by Crippen LogP contribution is 2.46. The fourth-order valence-electron chi connectivity index (χ4n) is 6.26. The minimum absolute atomic E-state index is 0.0150. The van der Waals surface area contributed by atoms with Gasteiger partial charge in [-0.15, -0.1) is 0 Å². The van der Waals surface area contributed by atoms with Crippen molar-refractivity contribution in [3.05, 3.63) is 92.4 Å². The third kappa shape index (κ3) is 8.86. The summed E-state index contributed by atoms with van der Waals surface area (Å²) >= 11 is 19.2. The van der Waals surface area contributed by atoms with Gasteiger partial charge in [0, 0.05) is 61.4 Å². The first-order chi connectivity index (χ1) is 24.6. The summed E-state index contributed by atoms with van der Waals surface area (Å²) in [5.41, 5.74) is 1.84. The molecule has 2 aliphatic rings. The second-order valence-electron chi connectivity index (χ2n) is 13.4. The van der Waals surface area contributed by atoms with E-state index in [1.807, 2.05) is 43.0 Å². The Morgan fingerprint density at radius 1 is 0.923 bits per heavy atom. The van der Waals surface area contributed by atoms with Crippen LogP contribution in [0.1, 0.15) is 63.4 Å². The number of hydrogen-bond acceptors (Lipinski definition) is 7. The number of ether oxygens (including phenoxy) is 1. The van der Waals surface area contributed by atoms with Gasteiger partial charge in [-0.25, -0.2) is 17.9 Å². The lowest BCUT2D eigenvalue weighted by atomic mass is 9.93. The summed E-state index contributed by atoms with van der Waals surface area (Å²) in [6, 6.07) is 15.4. The Kier molecular flexibility index (Phi) is 12.8. The summed E-state index contributed by atoms with van der Waals surface area (Å²) in [5, 5.41) is 1.04. The second kappa shape index (κ2) is 16.7. The number of amides is 3. The average Bonchev–Trinajstić information content (AvgIpc) is 3.48. The van der Waals surface area contributed by atoms with E-state index >= 15 is 0 Å². The second-order valence-corrected chi connectivity index (χ2v) is 16.4. The summed E-state index contributed by atoms with van der Waals surface area (Å²) < 4.78 is 35.8. The zero-order chi connectivity index (χ0) is 37.9. The first-order valence-corrected chi connectivity index (χ1v) is 19.9. The fraction of sp³-hybridized carbons (Fsp3) is 0.432. The number of likely N-dealkylation sites (N-methyl/N-ethyl adjacent to an activating group) is 1. The molecule has 2 aliphatic heterocycles. The van der Waals surface area contributed by atoms with E-state index in [4.69, 9.17) is 44.5 Å². The van der Waals surface area contributed by atoms with Crippen molar-refractivity contribution in [2.75, 3.05) is 46.4 Å². The van der Waals surface area contributed by atoms with Crippen molar-refractivity contribution in [1.29, 1.82) is 0 Å². The Morgan fingerprint density at radius 2 is 1.50 bits per heavy atom. The van der Waals surface area contributed by atoms with Crippen molar-refractivity contribution in [2.45, 2.75) is 63.7 Å². The molecule has 280 valence electrons. The van der Waals surface area contributed by atoms with Crippen molar-refractivity contribution < 1.29 is 22.7 Å². The van der Waals surface area contributed by atoms with E-state index in [0.29, 0.717) is 41.8 Å². The minimum atomic E-state index is -4.07. The van der Waals surface area contributed by atoms with Gasteiger partial charge in [-0.05, 0) is 76.1 Å². The van der Waals surface area contributed by atoms with Gasteiger partial charge in [0.05, 0.1) is 29.8 Å². The van der Waals surface area contributed by atoms with Crippen molar-refractivity contribution in [2.24, 2.45) is 4.99 Å². The first-order valence-electron chi connectivity index (χ1n) is 17.2. The van der Waals surface area contributed by atoms with E-state index in [-0.39, 0.29) is 52.6 Å². The molecule has 0 radical (unpaired) electrons. The SMILES string of the molecule is CCOc1cc(Cl)c(S(=O)(=O)NC(C)C)cc1C1=N[C@@H](c2ccc(Cl)cc2)[C@@H](c2ccc(Cl)cc2)N1C(=O)N1CCN(CC(=O)N(C)C(C)C)CC1. The highest BCUT2D eigenvalue weighted by atomic mass is 35.5. The number of urea groups is 1. The van der Waals surface area contributed by atoms with E-state index in [2.05, 4.69) is 4.72 Å². The Balaban J connectivity index is 1.64. The van der Waals surface area contributed by atoms with Gasteiger partial charge in [0.2, 0.25) is 15.9 Å². The zero-order valence-corrected chi connectivity index (χ0v) is 33.2. The number of sulfonamides is 1. The number of nitrogens with one attached hydrogen (secondary N) is 1. The van der Waals surface area contributed by atoms with Crippen molar-refractivity contribution in [3.8, 4) is 5.75 Å². The van der Waals surface area contributed by atoms with Crippen LogP contribution in [0.4, 0.5) is 4.79 Å². The molecule has 0 bridgehead atoms. The number of rotatable bonds is 11. The highest BCUT2D eigenvalue weighted by molar-refractivity contribution is 7.89. The van der Waals surface area contributed by atoms with Crippen LogP contribution in [0.25, 0.3) is 0 Å². The first kappa shape index (κ1) is 39.8. The molecule has 3 amide bonds. The van der Waals surface area contributed by atoms with E-state index in [0.717, 1.165) is 11.1 Å². The van der Waals surface area contributed by atoms with Crippen LogP contribution in [-0.2, 0) is 14.8 Å². The van der Waals surface area contributed by atoms with Crippen LogP contribution in [0.3, 0.4) is 0 Å². The average molecular weight is 792 g/mol. The smallest absolute Gasteiger partial charge is 0.326 e. The molecule has 3 aromatic carbocycles. The van der Waals surface area contributed by atoms with Gasteiger partial charge in [0.25, 0.3) is 0 Å². The lowest BCUT2D eigenvalue weighted by Gasteiger charge is -2.39. The van der Waals surface area contributed by atoms with Crippen LogP contribution in [0.15, 0.2) is 70.6 Å². The summed E-state index contributed by atoms with van der Waals surface area (Å²) in [4.78, 5) is 40.0. The third-order valence-electron chi connectivity index (χ3n) is 9.12. The Morgan fingerprint density at radius 3 is 2.04 bits per heavy atom. The molecule has 15 heteroatoms. The predicted octanol–water partition coefficient (Wildman–Crippen LogP) is 6.88. The number of benzene rings is 3. The standard InChI is InChI=1S/C37H45Cl3N6O5S/c1-7-51-31-21-30(40)32(52(49,50)42-23(2)3)20-29(31)36-41-34(25-8-12-27(38)13-9-25)35(26-10-14-28(39)15-11-26)46(36)37(48)45-18-16-44(17-19-45)22-33(47)43(6)24(4)5/h8-15,20-21,23-24,34-35,42H,7,16-19,22H2,1-6H3/t34-,35+/m0/s1. The molecule has 5 rings (SSSR count). The van der Waals surface area contributed by atoms with Crippen LogP contribution >= 0.6 is 34.8 Å². The van der Waals surface area contributed by atoms with Crippen molar-refractivity contribution in [1.82, 2.24) is 24.3 Å². The molecule has 2 heterocycles. The largest absolute Gasteiger partial charge is 0.493 e. The summed E-state index contributed by atoms with van der Waals surface area (Å²) in [7, 11) is -2.28. The molecule has 0 aromatic heterocycles. The normalized spacial score (nSPS) is 18.2. The third-order valence-corrected chi connectivity index (χ3v) is 11.7. The Hall–Kier alpha value is -3.39. The minimum Gasteiger partial charge on any atom is -0.493 e. The maximum atomic E-state index is 15.0. The topological polar surface area (TPSA) is 115 Å². The number of halogens is 3. The molecule has 1 fully saturated rings. The molecule has 3 aromatic rings. The number of carbonyl (C=O) groups is 2. The van der Waals surface area contributed by atoms with Gasteiger partial charge in [0.1, 0.15) is 22.5 Å². The van der Waals surface area contributed by atoms with Gasteiger partial charge in [-0.3, -0.25) is 19.6 Å². The maximum Gasteiger partial charge on any atom is 0.326 e. The van der Waals surface area contributed by atoms with Gasteiger partial charge >= 0.3 is 6.03 Å². The Labute approximate surface area is 321 Å². The van der Waals surface area contributed by atoms with Crippen LogP contribution in [-0.4, -0.2) is 104 Å². The van der Waals surface area contributed by atoms with Gasteiger partial charge in [-0.2, -0.15) is 0 Å². The van der Waals surface area contributed by atoms with Crippen molar-refractivity contribution in [3.63, 3.8) is 0 Å². The number of piperazine rings is 1. The molecule has 52 heavy (non-hydrogen) atoms. The molecule has 1 N–H and O–H groups in total. The molecular formula is C37H45Cl3N6O5S. The summed E-state index contributed by atoms with van der Waals surface area (Å²) in [6.07, 6.45) is 0. The summed E-state index contributed by atoms with van der Waals surface area (Å²) in [5.74, 6) is 0.514. The zero-order valence-electron chi connectivity index (χ0n) is 30.1. The lowest BCUT2D eigenvalue weighted by Crippen LogP contribution is -2.55. The quantitative estimate of drug-likeness (QED) is 0.227. The molecule has 11 nitrogen and oxygen atoms in total. The predicted molar refractivity (Wildman–Crippen MR) is 206 cm³/mol. The lowest BCUT2D eigenvalue weighted by molar-refractivity contribution is -0.132.